The maximum absolute atomic E-state index is 12.6. The molecule has 1 N–H and O–H groups in total. The number of nitrogens with one attached hydrogen (secondary N) is 1. The summed E-state index contributed by atoms with van der Waals surface area (Å²) in [5.74, 6) is -0.0226. The standard InChI is InChI=1S/C22H23N3O2S2/c1-16(29-22-24-20(15-28-22)17-5-3-2-4-6-17)21(26)23-18-7-9-19(10-8-18)25-11-13-27-14-12-25/h2-10,15-16H,11-14H2,1H3,(H,23,26). The monoisotopic (exact) mass is 425 g/mol. The Balaban J connectivity index is 1.33. The van der Waals surface area contributed by atoms with Gasteiger partial charge in [-0.2, -0.15) is 0 Å². The molecule has 3 aromatic rings. The minimum absolute atomic E-state index is 0.0226. The van der Waals surface area contributed by atoms with E-state index in [9.17, 15) is 4.79 Å². The number of nitrogens with zero attached hydrogens (tertiary/aromatic N) is 2. The Kier molecular flexibility index (Phi) is 6.49. The molecular formula is C22H23N3O2S2. The number of rotatable bonds is 6. The van der Waals surface area contributed by atoms with Crippen molar-refractivity contribution in [3.8, 4) is 11.3 Å². The fourth-order valence-corrected chi connectivity index (χ4v) is 5.05. The lowest BCUT2D eigenvalue weighted by atomic mass is 10.2. The van der Waals surface area contributed by atoms with Gasteiger partial charge in [0.05, 0.1) is 24.2 Å². The third-order valence-electron chi connectivity index (χ3n) is 4.71. The number of ether oxygens (including phenoxy) is 1. The van der Waals surface area contributed by atoms with Crippen molar-refractivity contribution in [1.29, 1.82) is 0 Å². The quantitative estimate of drug-likeness (QED) is 0.577. The van der Waals surface area contributed by atoms with Crippen molar-refractivity contribution in [2.24, 2.45) is 0 Å². The molecule has 1 unspecified atom stereocenters. The molecule has 0 aliphatic carbocycles. The third-order valence-corrected chi connectivity index (χ3v) is 6.78. The van der Waals surface area contributed by atoms with Crippen LogP contribution in [-0.2, 0) is 9.53 Å². The molecule has 5 nitrogen and oxygen atoms in total. The molecule has 7 heteroatoms. The van der Waals surface area contributed by atoms with Gasteiger partial charge in [-0.15, -0.1) is 11.3 Å². The molecule has 29 heavy (non-hydrogen) atoms. The van der Waals surface area contributed by atoms with Crippen LogP contribution in [0.2, 0.25) is 0 Å². The van der Waals surface area contributed by atoms with Gasteiger partial charge in [0.15, 0.2) is 4.34 Å². The molecule has 1 amide bonds. The van der Waals surface area contributed by atoms with Crippen LogP contribution < -0.4 is 10.2 Å². The Labute approximate surface area is 179 Å². The van der Waals surface area contributed by atoms with Crippen LogP contribution in [-0.4, -0.2) is 42.4 Å². The molecule has 150 valence electrons. The molecule has 0 saturated carbocycles. The Morgan fingerprint density at radius 1 is 1.14 bits per heavy atom. The van der Waals surface area contributed by atoms with E-state index in [0.29, 0.717) is 0 Å². The van der Waals surface area contributed by atoms with E-state index in [1.165, 1.54) is 11.8 Å². The van der Waals surface area contributed by atoms with E-state index < -0.39 is 0 Å². The van der Waals surface area contributed by atoms with Gasteiger partial charge < -0.3 is 15.0 Å². The number of hydrogen-bond acceptors (Lipinski definition) is 6. The lowest BCUT2D eigenvalue weighted by Gasteiger charge is -2.28. The molecule has 1 fully saturated rings. The summed E-state index contributed by atoms with van der Waals surface area (Å²) in [5.41, 5.74) is 4.01. The van der Waals surface area contributed by atoms with E-state index >= 15 is 0 Å². The molecule has 2 heterocycles. The number of thioether (sulfide) groups is 1. The van der Waals surface area contributed by atoms with Crippen molar-refractivity contribution in [1.82, 2.24) is 4.98 Å². The Morgan fingerprint density at radius 3 is 2.59 bits per heavy atom. The number of carbonyl (C=O) groups is 1. The van der Waals surface area contributed by atoms with Crippen LogP contribution >= 0.6 is 23.1 Å². The summed E-state index contributed by atoms with van der Waals surface area (Å²) in [5, 5.41) is 4.81. The van der Waals surface area contributed by atoms with Crippen LogP contribution in [0, 0.1) is 0 Å². The normalized spacial score (nSPS) is 15.1. The molecule has 1 aliphatic heterocycles. The minimum atomic E-state index is -0.233. The molecule has 2 aromatic carbocycles. The highest BCUT2D eigenvalue weighted by Crippen LogP contribution is 2.31. The lowest BCUT2D eigenvalue weighted by Crippen LogP contribution is -2.36. The zero-order valence-corrected chi connectivity index (χ0v) is 17.8. The van der Waals surface area contributed by atoms with Crippen LogP contribution in [0.5, 0.6) is 0 Å². The number of carbonyl (C=O) groups excluding carboxylic acids is 1. The second-order valence-corrected chi connectivity index (χ2v) is 9.21. The Bertz CT molecular complexity index is 938. The van der Waals surface area contributed by atoms with Crippen molar-refractivity contribution < 1.29 is 9.53 Å². The Morgan fingerprint density at radius 2 is 1.86 bits per heavy atom. The molecule has 0 bridgehead atoms. The highest BCUT2D eigenvalue weighted by Gasteiger charge is 2.17. The molecular weight excluding hydrogens is 402 g/mol. The van der Waals surface area contributed by atoms with Gasteiger partial charge in [0.1, 0.15) is 0 Å². The fraction of sp³-hybridized carbons (Fsp3) is 0.273. The fourth-order valence-electron chi connectivity index (χ4n) is 3.08. The summed E-state index contributed by atoms with van der Waals surface area (Å²) < 4.78 is 6.29. The predicted octanol–water partition coefficient (Wildman–Crippen LogP) is 4.77. The van der Waals surface area contributed by atoms with Crippen LogP contribution in [0.3, 0.4) is 0 Å². The first-order chi connectivity index (χ1) is 14.2. The molecule has 1 aliphatic rings. The lowest BCUT2D eigenvalue weighted by molar-refractivity contribution is -0.115. The highest BCUT2D eigenvalue weighted by atomic mass is 32.2. The van der Waals surface area contributed by atoms with Gasteiger partial charge in [0.25, 0.3) is 0 Å². The van der Waals surface area contributed by atoms with Crippen LogP contribution in [0.25, 0.3) is 11.3 Å². The van der Waals surface area contributed by atoms with Crippen molar-refractivity contribution in [3.63, 3.8) is 0 Å². The van der Waals surface area contributed by atoms with Crippen molar-refractivity contribution >= 4 is 40.4 Å². The second-order valence-electron chi connectivity index (χ2n) is 6.76. The van der Waals surface area contributed by atoms with Gasteiger partial charge in [0.2, 0.25) is 5.91 Å². The summed E-state index contributed by atoms with van der Waals surface area (Å²) in [6.07, 6.45) is 0. The van der Waals surface area contributed by atoms with Gasteiger partial charge >= 0.3 is 0 Å². The largest absolute Gasteiger partial charge is 0.378 e. The molecule has 1 saturated heterocycles. The number of thiazole rings is 1. The SMILES string of the molecule is CC(Sc1nc(-c2ccccc2)cs1)C(=O)Nc1ccc(N2CCOCC2)cc1. The van der Waals surface area contributed by atoms with Crippen molar-refractivity contribution in [3.05, 3.63) is 60.0 Å². The zero-order chi connectivity index (χ0) is 20.1. The molecule has 1 atom stereocenters. The van der Waals surface area contributed by atoms with E-state index in [2.05, 4.69) is 15.2 Å². The summed E-state index contributed by atoms with van der Waals surface area (Å²) in [7, 11) is 0. The maximum Gasteiger partial charge on any atom is 0.237 e. The van der Waals surface area contributed by atoms with E-state index in [1.54, 1.807) is 11.3 Å². The van der Waals surface area contributed by atoms with Gasteiger partial charge in [-0.05, 0) is 31.2 Å². The van der Waals surface area contributed by atoms with Crippen molar-refractivity contribution in [2.75, 3.05) is 36.5 Å². The summed E-state index contributed by atoms with van der Waals surface area (Å²) in [4.78, 5) is 19.5. The predicted molar refractivity (Wildman–Crippen MR) is 121 cm³/mol. The summed E-state index contributed by atoms with van der Waals surface area (Å²) >= 11 is 3.06. The highest BCUT2D eigenvalue weighted by molar-refractivity contribution is 8.02. The molecule has 0 radical (unpaired) electrons. The zero-order valence-electron chi connectivity index (χ0n) is 16.2. The molecule has 4 rings (SSSR count). The number of hydrogen-bond donors (Lipinski definition) is 1. The first-order valence-corrected chi connectivity index (χ1v) is 11.4. The smallest absolute Gasteiger partial charge is 0.237 e. The number of morpholine rings is 1. The van der Waals surface area contributed by atoms with E-state index in [4.69, 9.17) is 4.74 Å². The van der Waals surface area contributed by atoms with Crippen LogP contribution in [0.15, 0.2) is 64.3 Å². The van der Waals surface area contributed by atoms with E-state index in [1.807, 2.05) is 66.9 Å². The average molecular weight is 426 g/mol. The van der Waals surface area contributed by atoms with E-state index in [0.717, 1.165) is 53.3 Å². The number of aromatic nitrogens is 1. The average Bonchev–Trinajstić information content (AvgIpc) is 3.24. The molecule has 1 aromatic heterocycles. The van der Waals surface area contributed by atoms with Gasteiger partial charge in [0, 0.05) is 35.4 Å². The van der Waals surface area contributed by atoms with Crippen LogP contribution in [0.4, 0.5) is 11.4 Å². The summed E-state index contributed by atoms with van der Waals surface area (Å²) in [6.45, 7) is 5.23. The number of anilines is 2. The Hall–Kier alpha value is -2.35. The van der Waals surface area contributed by atoms with Crippen LogP contribution in [0.1, 0.15) is 6.92 Å². The molecule has 0 spiro atoms. The van der Waals surface area contributed by atoms with Gasteiger partial charge in [-0.25, -0.2) is 4.98 Å². The minimum Gasteiger partial charge on any atom is -0.378 e. The van der Waals surface area contributed by atoms with Gasteiger partial charge in [-0.1, -0.05) is 42.1 Å². The second kappa shape index (κ2) is 9.43. The number of benzene rings is 2. The topological polar surface area (TPSA) is 54.5 Å². The maximum atomic E-state index is 12.6. The van der Waals surface area contributed by atoms with Gasteiger partial charge in [-0.3, -0.25) is 4.79 Å². The third kappa shape index (κ3) is 5.18. The van der Waals surface area contributed by atoms with Crippen molar-refractivity contribution in [2.45, 2.75) is 16.5 Å². The van der Waals surface area contributed by atoms with E-state index in [-0.39, 0.29) is 11.2 Å². The first-order valence-electron chi connectivity index (χ1n) is 9.60. The first kappa shape index (κ1) is 19.9. The number of amides is 1. The summed E-state index contributed by atoms with van der Waals surface area (Å²) in [6, 6.07) is 18.1.